The highest BCUT2D eigenvalue weighted by atomic mass is 32.1. The van der Waals surface area contributed by atoms with Crippen molar-refractivity contribution in [2.75, 3.05) is 6.16 Å². The summed E-state index contributed by atoms with van der Waals surface area (Å²) in [5.41, 5.74) is 0. The minimum Gasteiger partial charge on any atom is -0.324 e. The van der Waals surface area contributed by atoms with Crippen molar-refractivity contribution in [2.45, 2.75) is 38.5 Å². The Kier molecular flexibility index (Phi) is 8.16. The van der Waals surface area contributed by atoms with Crippen LogP contribution >= 0.6 is 32.4 Å². The molecule has 0 fully saturated rings. The van der Waals surface area contributed by atoms with Gasteiger partial charge in [-0.3, -0.25) is 4.57 Å². The SMILES string of the molecule is O=P(O)(O)CCCCCCCC(=S)S. The Morgan fingerprint density at radius 3 is 2.14 bits per heavy atom. The Bertz CT molecular complexity index is 215. The fourth-order valence-corrected chi connectivity index (χ4v) is 2.06. The smallest absolute Gasteiger partial charge is 0.324 e. The number of thiol groups is 1. The summed E-state index contributed by atoms with van der Waals surface area (Å²) in [6.07, 6.45) is 5.45. The van der Waals surface area contributed by atoms with Gasteiger partial charge in [-0.2, -0.15) is 0 Å². The molecule has 0 aromatic rings. The van der Waals surface area contributed by atoms with Crippen LogP contribution in [-0.2, 0) is 4.57 Å². The van der Waals surface area contributed by atoms with E-state index in [1.54, 1.807) is 0 Å². The van der Waals surface area contributed by atoms with Crippen molar-refractivity contribution in [3.63, 3.8) is 0 Å². The monoisotopic (exact) mass is 256 g/mol. The maximum atomic E-state index is 10.5. The average Bonchev–Trinajstić information content (AvgIpc) is 2.00. The van der Waals surface area contributed by atoms with Gasteiger partial charge in [0.1, 0.15) is 0 Å². The average molecular weight is 256 g/mol. The Morgan fingerprint density at radius 1 is 1.14 bits per heavy atom. The van der Waals surface area contributed by atoms with Crippen molar-refractivity contribution in [2.24, 2.45) is 0 Å². The summed E-state index contributed by atoms with van der Waals surface area (Å²) in [6, 6.07) is 0. The molecule has 6 heteroatoms. The van der Waals surface area contributed by atoms with E-state index in [4.69, 9.17) is 22.0 Å². The zero-order chi connectivity index (χ0) is 11.0. The predicted octanol–water partition coefficient (Wildman–Crippen LogP) is 2.76. The minimum absolute atomic E-state index is 0.0119. The number of unbranched alkanes of at least 4 members (excludes halogenated alkanes) is 4. The van der Waals surface area contributed by atoms with Crippen LogP contribution in [0.4, 0.5) is 0 Å². The Labute approximate surface area is 95.9 Å². The van der Waals surface area contributed by atoms with Crippen molar-refractivity contribution < 1.29 is 14.4 Å². The summed E-state index contributed by atoms with van der Waals surface area (Å²) in [4.78, 5) is 17.2. The van der Waals surface area contributed by atoms with Crippen molar-refractivity contribution in [1.29, 1.82) is 0 Å². The molecule has 0 unspecified atom stereocenters. The van der Waals surface area contributed by atoms with E-state index in [1.165, 1.54) is 0 Å². The molecule has 0 heterocycles. The van der Waals surface area contributed by atoms with E-state index in [9.17, 15) is 4.57 Å². The van der Waals surface area contributed by atoms with Gasteiger partial charge in [0.2, 0.25) is 0 Å². The first-order chi connectivity index (χ1) is 6.42. The van der Waals surface area contributed by atoms with Crippen LogP contribution in [0, 0.1) is 0 Å². The fourth-order valence-electron chi connectivity index (χ4n) is 1.12. The number of rotatable bonds is 8. The van der Waals surface area contributed by atoms with E-state index < -0.39 is 7.60 Å². The molecule has 2 N–H and O–H groups in total. The van der Waals surface area contributed by atoms with Crippen LogP contribution in [0.2, 0.25) is 0 Å². The van der Waals surface area contributed by atoms with Crippen molar-refractivity contribution in [3.8, 4) is 0 Å². The molecule has 0 saturated carbocycles. The van der Waals surface area contributed by atoms with E-state index in [1.807, 2.05) is 0 Å². The van der Waals surface area contributed by atoms with Crippen LogP contribution in [0.3, 0.4) is 0 Å². The van der Waals surface area contributed by atoms with Gasteiger partial charge in [0.15, 0.2) is 0 Å². The molecule has 0 aromatic heterocycles. The third kappa shape index (κ3) is 12.6. The normalized spacial score (nSPS) is 11.6. The van der Waals surface area contributed by atoms with E-state index in [2.05, 4.69) is 12.6 Å². The quantitative estimate of drug-likeness (QED) is 0.270. The lowest BCUT2D eigenvalue weighted by atomic mass is 10.1. The van der Waals surface area contributed by atoms with Gasteiger partial charge in [-0.25, -0.2) is 0 Å². The highest BCUT2D eigenvalue weighted by molar-refractivity contribution is 8.11. The molecule has 0 saturated heterocycles. The zero-order valence-corrected chi connectivity index (χ0v) is 10.7. The van der Waals surface area contributed by atoms with E-state index in [-0.39, 0.29) is 6.16 Å². The maximum Gasteiger partial charge on any atom is 0.325 e. The molecule has 3 nitrogen and oxygen atoms in total. The molecule has 0 rings (SSSR count). The van der Waals surface area contributed by atoms with Crippen molar-refractivity contribution >= 4 is 36.6 Å². The maximum absolute atomic E-state index is 10.5. The predicted molar refractivity (Wildman–Crippen MR) is 66.2 cm³/mol. The summed E-state index contributed by atoms with van der Waals surface area (Å²) in [5.74, 6) is 0. The lowest BCUT2D eigenvalue weighted by Crippen LogP contribution is -1.89. The summed E-state index contributed by atoms with van der Waals surface area (Å²) in [7, 11) is -3.77. The second-order valence-electron chi connectivity index (χ2n) is 3.30. The number of hydrogen-bond acceptors (Lipinski definition) is 2. The molecule has 0 atom stereocenters. The molecule has 0 amide bonds. The summed E-state index contributed by atoms with van der Waals surface area (Å²) in [6.45, 7) is 0. The van der Waals surface area contributed by atoms with Gasteiger partial charge in [-0.1, -0.05) is 31.5 Å². The first-order valence-corrected chi connectivity index (χ1v) is 7.33. The molecule has 84 valence electrons. The molecule has 0 radical (unpaired) electrons. The van der Waals surface area contributed by atoms with Crippen molar-refractivity contribution in [3.05, 3.63) is 0 Å². The first-order valence-electron chi connectivity index (χ1n) is 4.68. The highest BCUT2D eigenvalue weighted by Crippen LogP contribution is 2.35. The molecule has 0 bridgehead atoms. The van der Waals surface area contributed by atoms with E-state index >= 15 is 0 Å². The molecule has 0 spiro atoms. The van der Waals surface area contributed by atoms with Gasteiger partial charge in [-0.05, 0) is 19.3 Å². The minimum atomic E-state index is -3.77. The summed E-state index contributed by atoms with van der Waals surface area (Å²) in [5, 5.41) is 0. The third-order valence-corrected chi connectivity index (χ3v) is 3.17. The van der Waals surface area contributed by atoms with Crippen molar-refractivity contribution in [1.82, 2.24) is 0 Å². The fraction of sp³-hybridized carbons (Fsp3) is 0.875. The molecule has 14 heavy (non-hydrogen) atoms. The molecule has 0 aliphatic carbocycles. The first kappa shape index (κ1) is 14.6. The molecule has 0 aromatic carbocycles. The number of hydrogen-bond donors (Lipinski definition) is 3. The zero-order valence-electron chi connectivity index (χ0n) is 8.06. The van der Waals surface area contributed by atoms with Gasteiger partial charge in [0.05, 0.1) is 0 Å². The van der Waals surface area contributed by atoms with E-state index in [0.717, 1.165) is 36.3 Å². The topological polar surface area (TPSA) is 57.5 Å². The van der Waals surface area contributed by atoms with Crippen LogP contribution < -0.4 is 0 Å². The Morgan fingerprint density at radius 2 is 1.64 bits per heavy atom. The molecular weight excluding hydrogens is 239 g/mol. The Hall–Kier alpha value is 0.590. The molecule has 0 aliphatic rings. The number of thiocarbonyl (C=S) groups is 1. The lowest BCUT2D eigenvalue weighted by Gasteiger charge is -2.03. The summed E-state index contributed by atoms with van der Waals surface area (Å²) >= 11 is 8.81. The van der Waals surface area contributed by atoms with E-state index in [0.29, 0.717) is 6.42 Å². The second kappa shape index (κ2) is 7.83. The van der Waals surface area contributed by atoms with Gasteiger partial charge in [-0.15, -0.1) is 12.6 Å². The summed E-state index contributed by atoms with van der Waals surface area (Å²) < 4.78 is 11.2. The van der Waals surface area contributed by atoms with Crippen LogP contribution in [0.15, 0.2) is 0 Å². The standard InChI is InChI=1S/C8H17O3PS2/c9-12(10,11)7-5-3-1-2-4-6-8(13)14/h1-7H2,(H,13,14)(H2,9,10,11). The molecular formula is C8H17O3PS2. The molecule has 0 aliphatic heterocycles. The largest absolute Gasteiger partial charge is 0.325 e. The highest BCUT2D eigenvalue weighted by Gasteiger charge is 2.10. The Balaban J connectivity index is 3.15. The van der Waals surface area contributed by atoms with Gasteiger partial charge >= 0.3 is 7.60 Å². The lowest BCUT2D eigenvalue weighted by molar-refractivity contribution is 0.370. The second-order valence-corrected chi connectivity index (χ2v) is 6.41. The van der Waals surface area contributed by atoms with Gasteiger partial charge < -0.3 is 9.79 Å². The third-order valence-electron chi connectivity index (χ3n) is 1.84. The van der Waals surface area contributed by atoms with Crippen LogP contribution in [0.5, 0.6) is 0 Å². The van der Waals surface area contributed by atoms with Gasteiger partial charge in [0, 0.05) is 10.4 Å². The van der Waals surface area contributed by atoms with Crippen LogP contribution in [0.25, 0.3) is 0 Å². The van der Waals surface area contributed by atoms with Gasteiger partial charge in [0.25, 0.3) is 0 Å². The van der Waals surface area contributed by atoms with Crippen LogP contribution in [0.1, 0.15) is 38.5 Å². The van der Waals surface area contributed by atoms with Crippen LogP contribution in [-0.4, -0.2) is 20.1 Å².